The topological polar surface area (TPSA) is 4.41 Å². The Morgan fingerprint density at radius 1 is 1.14 bits per heavy atom. The second-order valence-electron chi connectivity index (χ2n) is 4.58. The van der Waals surface area contributed by atoms with E-state index in [1.54, 1.807) is 10.6 Å². The third-order valence-corrected chi connectivity index (χ3v) is 2.45. The molecule has 0 atom stereocenters. The van der Waals surface area contributed by atoms with Gasteiger partial charge in [-0.1, -0.05) is 26.8 Å². The van der Waals surface area contributed by atoms with Gasteiger partial charge < -0.3 is 0 Å². The second-order valence-corrected chi connectivity index (χ2v) is 4.58. The Labute approximate surface area is 83.2 Å². The van der Waals surface area contributed by atoms with E-state index < -0.39 is 0 Å². The summed E-state index contributed by atoms with van der Waals surface area (Å²) in [5.74, 6) is -0.210. The highest BCUT2D eigenvalue weighted by molar-refractivity contribution is 5.58. The fraction of sp³-hybridized carbons (Fsp3) is 0.333. The maximum atomic E-state index is 13.4. The Morgan fingerprint density at radius 3 is 2.50 bits per heavy atom. The number of aromatic nitrogens is 1. The molecule has 0 aromatic carbocycles. The first-order chi connectivity index (χ1) is 6.50. The molecule has 2 heteroatoms. The molecule has 1 nitrogen and oxygen atoms in total. The van der Waals surface area contributed by atoms with E-state index in [1.807, 2.05) is 18.2 Å². The molecule has 0 saturated carbocycles. The number of hydrogen-bond acceptors (Lipinski definition) is 0. The lowest BCUT2D eigenvalue weighted by Crippen LogP contribution is -2.13. The Bertz CT molecular complexity index is 463. The zero-order chi connectivity index (χ0) is 10.3. The van der Waals surface area contributed by atoms with Crippen molar-refractivity contribution in [3.05, 3.63) is 42.0 Å². The molecule has 2 aromatic heterocycles. The van der Waals surface area contributed by atoms with Gasteiger partial charge in [0.05, 0.1) is 5.52 Å². The summed E-state index contributed by atoms with van der Waals surface area (Å²) < 4.78 is 14.9. The fourth-order valence-corrected chi connectivity index (χ4v) is 1.74. The van der Waals surface area contributed by atoms with Crippen molar-refractivity contribution in [3.63, 3.8) is 0 Å². The van der Waals surface area contributed by atoms with Crippen molar-refractivity contribution < 1.29 is 4.39 Å². The van der Waals surface area contributed by atoms with Crippen LogP contribution in [0.3, 0.4) is 0 Å². The monoisotopic (exact) mass is 191 g/mol. The number of hydrogen-bond donors (Lipinski definition) is 0. The summed E-state index contributed by atoms with van der Waals surface area (Å²) >= 11 is 0. The van der Waals surface area contributed by atoms with Crippen LogP contribution in [0.25, 0.3) is 5.52 Å². The van der Waals surface area contributed by atoms with Crippen LogP contribution in [-0.4, -0.2) is 4.40 Å². The van der Waals surface area contributed by atoms with Crippen LogP contribution in [0.2, 0.25) is 0 Å². The van der Waals surface area contributed by atoms with Gasteiger partial charge in [0, 0.05) is 6.20 Å². The van der Waals surface area contributed by atoms with Crippen LogP contribution in [0.15, 0.2) is 30.5 Å². The predicted molar refractivity (Wildman–Crippen MR) is 56.1 cm³/mol. The van der Waals surface area contributed by atoms with Gasteiger partial charge in [-0.2, -0.15) is 4.39 Å². The van der Waals surface area contributed by atoms with E-state index >= 15 is 0 Å². The quantitative estimate of drug-likeness (QED) is 0.562. The summed E-state index contributed by atoms with van der Waals surface area (Å²) in [6.45, 7) is 6.40. The molecule has 0 radical (unpaired) electrons. The van der Waals surface area contributed by atoms with Crippen molar-refractivity contribution in [2.45, 2.75) is 26.2 Å². The molecule has 14 heavy (non-hydrogen) atoms. The van der Waals surface area contributed by atoms with Gasteiger partial charge >= 0.3 is 0 Å². The standard InChI is InChI=1S/C12H14FN/c1-12(2,3)9-6-7-11(13)14-8-4-5-10(9)14/h4-8H,1-3H3. The number of nitrogens with zero attached hydrogens (tertiary/aromatic N) is 1. The van der Waals surface area contributed by atoms with Crippen molar-refractivity contribution in [1.29, 1.82) is 0 Å². The average Bonchev–Trinajstić information content (AvgIpc) is 2.50. The maximum absolute atomic E-state index is 13.4. The number of pyridine rings is 1. The van der Waals surface area contributed by atoms with E-state index in [2.05, 4.69) is 20.8 Å². The fourth-order valence-electron chi connectivity index (χ4n) is 1.74. The van der Waals surface area contributed by atoms with Crippen LogP contribution in [0, 0.1) is 5.95 Å². The van der Waals surface area contributed by atoms with Gasteiger partial charge in [0.2, 0.25) is 0 Å². The van der Waals surface area contributed by atoms with E-state index in [9.17, 15) is 4.39 Å². The van der Waals surface area contributed by atoms with Crippen LogP contribution >= 0.6 is 0 Å². The summed E-state index contributed by atoms with van der Waals surface area (Å²) in [6.07, 6.45) is 1.75. The smallest absolute Gasteiger partial charge is 0.198 e. The highest BCUT2D eigenvalue weighted by Crippen LogP contribution is 2.27. The minimum Gasteiger partial charge on any atom is -0.293 e. The van der Waals surface area contributed by atoms with Crippen molar-refractivity contribution >= 4 is 5.52 Å². The lowest BCUT2D eigenvalue weighted by Gasteiger charge is -2.20. The Kier molecular flexibility index (Phi) is 1.88. The molecule has 74 valence electrons. The van der Waals surface area contributed by atoms with Crippen molar-refractivity contribution in [2.75, 3.05) is 0 Å². The molecule has 0 amide bonds. The van der Waals surface area contributed by atoms with Crippen LogP contribution in [0.4, 0.5) is 4.39 Å². The summed E-state index contributed by atoms with van der Waals surface area (Å²) in [7, 11) is 0. The minimum atomic E-state index is -0.210. The third kappa shape index (κ3) is 1.31. The molecule has 0 bridgehead atoms. The van der Waals surface area contributed by atoms with Gasteiger partial charge in [0.15, 0.2) is 5.95 Å². The van der Waals surface area contributed by atoms with Gasteiger partial charge in [0.1, 0.15) is 0 Å². The molecular weight excluding hydrogens is 177 g/mol. The zero-order valence-corrected chi connectivity index (χ0v) is 8.71. The molecule has 0 fully saturated rings. The van der Waals surface area contributed by atoms with Gasteiger partial charge in [-0.3, -0.25) is 4.40 Å². The molecule has 0 unspecified atom stereocenters. The Hall–Kier alpha value is -1.31. The molecule has 2 heterocycles. The summed E-state index contributed by atoms with van der Waals surface area (Å²) in [6, 6.07) is 7.20. The molecule has 0 aliphatic heterocycles. The van der Waals surface area contributed by atoms with Crippen LogP contribution in [0.5, 0.6) is 0 Å². The summed E-state index contributed by atoms with van der Waals surface area (Å²) in [5.41, 5.74) is 2.18. The number of fused-ring (bicyclic) bond motifs is 1. The first-order valence-corrected chi connectivity index (χ1v) is 4.76. The normalized spacial score (nSPS) is 12.3. The summed E-state index contributed by atoms with van der Waals surface area (Å²) in [4.78, 5) is 0. The number of rotatable bonds is 0. The third-order valence-electron chi connectivity index (χ3n) is 2.45. The van der Waals surface area contributed by atoms with Gasteiger partial charge in [-0.15, -0.1) is 0 Å². The lowest BCUT2D eigenvalue weighted by molar-refractivity contribution is 0.553. The van der Waals surface area contributed by atoms with Crippen molar-refractivity contribution in [2.24, 2.45) is 0 Å². The van der Waals surface area contributed by atoms with Crippen LogP contribution in [-0.2, 0) is 5.41 Å². The van der Waals surface area contributed by atoms with Crippen LogP contribution in [0.1, 0.15) is 26.3 Å². The van der Waals surface area contributed by atoms with E-state index in [0.717, 1.165) is 5.52 Å². The highest BCUT2D eigenvalue weighted by Gasteiger charge is 2.17. The predicted octanol–water partition coefficient (Wildman–Crippen LogP) is 3.38. The number of halogens is 1. The van der Waals surface area contributed by atoms with E-state index in [1.165, 1.54) is 11.6 Å². The molecule has 0 saturated heterocycles. The molecular formula is C12H14FN. The molecule has 0 aliphatic carbocycles. The second kappa shape index (κ2) is 2.84. The molecule has 2 aromatic rings. The Balaban J connectivity index is 2.80. The average molecular weight is 191 g/mol. The van der Waals surface area contributed by atoms with Crippen LogP contribution < -0.4 is 0 Å². The van der Waals surface area contributed by atoms with Gasteiger partial charge in [0.25, 0.3) is 0 Å². The first-order valence-electron chi connectivity index (χ1n) is 4.76. The summed E-state index contributed by atoms with van der Waals surface area (Å²) in [5, 5.41) is 0. The maximum Gasteiger partial charge on any atom is 0.198 e. The van der Waals surface area contributed by atoms with E-state index in [-0.39, 0.29) is 11.4 Å². The minimum absolute atomic E-state index is 0.0489. The van der Waals surface area contributed by atoms with E-state index in [0.29, 0.717) is 0 Å². The highest BCUT2D eigenvalue weighted by atomic mass is 19.1. The van der Waals surface area contributed by atoms with Crippen molar-refractivity contribution in [3.8, 4) is 0 Å². The molecule has 2 rings (SSSR count). The first kappa shape index (κ1) is 9.25. The van der Waals surface area contributed by atoms with Crippen molar-refractivity contribution in [1.82, 2.24) is 4.40 Å². The zero-order valence-electron chi connectivity index (χ0n) is 8.71. The lowest BCUT2D eigenvalue weighted by atomic mass is 9.87. The Morgan fingerprint density at radius 2 is 1.86 bits per heavy atom. The molecule has 0 spiro atoms. The molecule has 0 aliphatic rings. The molecule has 0 N–H and O–H groups in total. The van der Waals surface area contributed by atoms with Gasteiger partial charge in [-0.25, -0.2) is 0 Å². The SMILES string of the molecule is CC(C)(C)c1ccc(F)n2cccc12. The largest absolute Gasteiger partial charge is 0.293 e. The van der Waals surface area contributed by atoms with Gasteiger partial charge in [-0.05, 0) is 29.2 Å². The van der Waals surface area contributed by atoms with E-state index in [4.69, 9.17) is 0 Å².